The van der Waals surface area contributed by atoms with E-state index >= 15 is 0 Å². The number of benzene rings is 1. The molecule has 4 aliphatic rings. The fourth-order valence-corrected chi connectivity index (χ4v) is 8.40. The van der Waals surface area contributed by atoms with Gasteiger partial charge in [0, 0.05) is 40.7 Å². The average molecular weight is 418 g/mol. The number of methoxy groups -OCH3 is 1. The highest BCUT2D eigenvalue weighted by Gasteiger charge is 2.64. The monoisotopic (exact) mass is 417 g/mol. The van der Waals surface area contributed by atoms with E-state index in [-0.39, 0.29) is 28.2 Å². The van der Waals surface area contributed by atoms with Crippen LogP contribution < -0.4 is 4.74 Å². The molecule has 1 aromatic rings. The first kappa shape index (κ1) is 19.7. The Balaban J connectivity index is 1.56. The zero-order chi connectivity index (χ0) is 20.4. The third kappa shape index (κ3) is 3.11. The number of halogens is 1. The Bertz CT molecular complexity index is 903. The van der Waals surface area contributed by atoms with Crippen LogP contribution in [0.4, 0.5) is 4.39 Å². The zero-order valence-corrected chi connectivity index (χ0v) is 18.8. The summed E-state index contributed by atoms with van der Waals surface area (Å²) in [6, 6.07) is 6.53. The SMILES string of the molecule is COC1CCC23CC1=S(C(C)(C)C)N=C1C(c4cc(OCCCF)ccc4C2)C13. The molecule has 5 heteroatoms. The van der Waals surface area contributed by atoms with Gasteiger partial charge in [-0.1, -0.05) is 16.7 Å². The van der Waals surface area contributed by atoms with Crippen molar-refractivity contribution in [2.24, 2.45) is 15.7 Å². The fourth-order valence-electron chi connectivity index (χ4n) is 5.90. The molecule has 29 heavy (non-hydrogen) atoms. The van der Waals surface area contributed by atoms with Crippen LogP contribution in [0.25, 0.3) is 0 Å². The number of rotatable bonds is 5. The number of hydrogen-bond acceptors (Lipinski definition) is 3. The second-order valence-corrected chi connectivity index (χ2v) is 12.6. The van der Waals surface area contributed by atoms with Gasteiger partial charge in [0.25, 0.3) is 0 Å². The Morgan fingerprint density at radius 2 is 2.10 bits per heavy atom. The summed E-state index contributed by atoms with van der Waals surface area (Å²) in [6.45, 7) is 7.09. The van der Waals surface area contributed by atoms with Crippen molar-refractivity contribution in [2.75, 3.05) is 20.4 Å². The lowest BCUT2D eigenvalue weighted by atomic mass is 9.63. The molecule has 0 N–H and O–H groups in total. The van der Waals surface area contributed by atoms with Gasteiger partial charge in [0.1, 0.15) is 5.75 Å². The molecular weight excluding hydrogens is 385 g/mol. The van der Waals surface area contributed by atoms with Crippen LogP contribution in [0.3, 0.4) is 0 Å². The highest BCUT2D eigenvalue weighted by Crippen LogP contribution is 2.67. The van der Waals surface area contributed by atoms with Gasteiger partial charge in [0.15, 0.2) is 0 Å². The Labute approximate surface area is 176 Å². The Hall–Kier alpha value is -1.20. The molecule has 0 amide bonds. The molecule has 1 aliphatic heterocycles. The molecule has 5 unspecified atom stereocenters. The molecule has 158 valence electrons. The third-order valence-corrected chi connectivity index (χ3v) is 9.62. The fraction of sp³-hybridized carbons (Fsp3) is 0.667. The molecule has 0 saturated heterocycles. The van der Waals surface area contributed by atoms with Crippen molar-refractivity contribution in [3.63, 3.8) is 0 Å². The van der Waals surface area contributed by atoms with E-state index in [1.807, 2.05) is 7.11 Å². The minimum Gasteiger partial charge on any atom is -0.493 e. The van der Waals surface area contributed by atoms with Gasteiger partial charge in [-0.2, -0.15) is 0 Å². The van der Waals surface area contributed by atoms with E-state index in [1.165, 1.54) is 23.3 Å². The van der Waals surface area contributed by atoms with Crippen LogP contribution >= 0.6 is 10.7 Å². The molecule has 1 spiro atoms. The van der Waals surface area contributed by atoms with Crippen LogP contribution in [0.2, 0.25) is 0 Å². The predicted octanol–water partition coefficient (Wildman–Crippen LogP) is 5.49. The lowest BCUT2D eigenvalue weighted by Gasteiger charge is -2.44. The van der Waals surface area contributed by atoms with E-state index in [0.717, 1.165) is 25.0 Å². The van der Waals surface area contributed by atoms with Gasteiger partial charge >= 0.3 is 0 Å². The van der Waals surface area contributed by atoms with E-state index in [9.17, 15) is 4.39 Å². The lowest BCUT2D eigenvalue weighted by Crippen LogP contribution is -2.42. The summed E-state index contributed by atoms with van der Waals surface area (Å²) in [4.78, 5) is 1.55. The number of fused-ring (bicyclic) bond motifs is 4. The first-order valence-corrected chi connectivity index (χ1v) is 12.1. The summed E-state index contributed by atoms with van der Waals surface area (Å²) in [5.41, 5.74) is 4.62. The molecule has 0 aromatic heterocycles. The van der Waals surface area contributed by atoms with Gasteiger partial charge in [-0.25, -0.2) is 4.40 Å². The van der Waals surface area contributed by atoms with E-state index in [4.69, 9.17) is 13.9 Å². The molecule has 2 saturated carbocycles. The van der Waals surface area contributed by atoms with Crippen molar-refractivity contribution >= 4 is 21.2 Å². The molecule has 2 bridgehead atoms. The lowest BCUT2D eigenvalue weighted by molar-refractivity contribution is 0.0953. The molecule has 2 fully saturated rings. The number of alkyl halides is 1. The second-order valence-electron chi connectivity index (χ2n) is 10.1. The van der Waals surface area contributed by atoms with Crippen LogP contribution in [0.5, 0.6) is 5.75 Å². The number of ether oxygens (including phenoxy) is 2. The Kier molecular flexibility index (Phi) is 4.71. The van der Waals surface area contributed by atoms with Gasteiger partial charge in [-0.15, -0.1) is 0 Å². The predicted molar refractivity (Wildman–Crippen MR) is 119 cm³/mol. The Morgan fingerprint density at radius 3 is 2.83 bits per heavy atom. The van der Waals surface area contributed by atoms with E-state index in [1.54, 1.807) is 4.86 Å². The number of hydrogen-bond donors (Lipinski definition) is 0. The quantitative estimate of drug-likeness (QED) is 0.469. The third-order valence-electron chi connectivity index (χ3n) is 7.16. The minimum absolute atomic E-state index is 0.101. The van der Waals surface area contributed by atoms with E-state index < -0.39 is 0 Å². The molecular formula is C24H32FNO2S. The summed E-state index contributed by atoms with van der Waals surface area (Å²) >= 11 is 0. The van der Waals surface area contributed by atoms with Crippen molar-refractivity contribution in [3.05, 3.63) is 29.3 Å². The minimum atomic E-state index is -0.328. The average Bonchev–Trinajstić information content (AvgIpc) is 3.43. The normalized spacial score (nSPS) is 34.7. The molecule has 5 rings (SSSR count). The maximum atomic E-state index is 12.4. The number of nitrogens with zero attached hydrogens (tertiary/aromatic N) is 1. The molecule has 1 aromatic carbocycles. The van der Waals surface area contributed by atoms with E-state index in [2.05, 4.69) is 39.0 Å². The zero-order valence-electron chi connectivity index (χ0n) is 18.0. The molecule has 1 heterocycles. The summed E-state index contributed by atoms with van der Waals surface area (Å²) in [6.07, 6.45) is 5.35. The van der Waals surface area contributed by atoms with Gasteiger partial charge in [0.2, 0.25) is 0 Å². The molecule has 3 aliphatic carbocycles. The van der Waals surface area contributed by atoms with Gasteiger partial charge in [0.05, 0.1) is 19.4 Å². The maximum Gasteiger partial charge on any atom is 0.119 e. The summed E-state index contributed by atoms with van der Waals surface area (Å²) in [5, 5.41) is 0. The van der Waals surface area contributed by atoms with Crippen LogP contribution in [0.15, 0.2) is 22.6 Å². The standard InChI is InChI=1S/C24H32FNO2S/c1-23(2,3)29-19-14-24(9-8-18(19)27-4)13-15-6-7-16(28-11-5-10-25)12-17(15)20-21(24)22(20)26-29/h6-7,12,18,20-21H,5,8-11,13-14H2,1-4H3. The maximum absolute atomic E-state index is 12.4. The van der Waals surface area contributed by atoms with Gasteiger partial charge in [-0.05, 0) is 75.1 Å². The van der Waals surface area contributed by atoms with Crippen molar-refractivity contribution in [3.8, 4) is 5.75 Å². The molecule has 5 atom stereocenters. The largest absolute Gasteiger partial charge is 0.493 e. The smallest absolute Gasteiger partial charge is 0.119 e. The van der Waals surface area contributed by atoms with Crippen LogP contribution in [0.1, 0.15) is 63.5 Å². The summed E-state index contributed by atoms with van der Waals surface area (Å²) < 4.78 is 29.7. The first-order chi connectivity index (χ1) is 13.9. The molecule has 3 nitrogen and oxygen atoms in total. The van der Waals surface area contributed by atoms with Crippen LogP contribution in [0, 0.1) is 11.3 Å². The highest BCUT2D eigenvalue weighted by atomic mass is 32.2. The van der Waals surface area contributed by atoms with Gasteiger partial charge in [-0.3, -0.25) is 4.39 Å². The highest BCUT2D eigenvalue weighted by molar-refractivity contribution is 8.16. The van der Waals surface area contributed by atoms with Crippen molar-refractivity contribution < 1.29 is 13.9 Å². The van der Waals surface area contributed by atoms with Crippen molar-refractivity contribution in [1.82, 2.24) is 0 Å². The first-order valence-electron chi connectivity index (χ1n) is 10.9. The van der Waals surface area contributed by atoms with Crippen LogP contribution in [-0.2, 0) is 11.2 Å². The topological polar surface area (TPSA) is 30.8 Å². The summed E-state index contributed by atoms with van der Waals surface area (Å²) in [5.74, 6) is 1.92. The van der Waals surface area contributed by atoms with E-state index in [0.29, 0.717) is 30.3 Å². The van der Waals surface area contributed by atoms with Gasteiger partial charge < -0.3 is 9.47 Å². The summed E-state index contributed by atoms with van der Waals surface area (Å²) in [7, 11) is 1.76. The van der Waals surface area contributed by atoms with Crippen LogP contribution in [-0.4, -0.2) is 41.8 Å². The van der Waals surface area contributed by atoms with Crippen molar-refractivity contribution in [2.45, 2.75) is 69.6 Å². The Morgan fingerprint density at radius 1 is 1.28 bits per heavy atom. The molecule has 0 radical (unpaired) electrons. The van der Waals surface area contributed by atoms with Crippen molar-refractivity contribution in [1.29, 1.82) is 0 Å². The second kappa shape index (κ2) is 6.91.